The molecule has 0 fully saturated rings. The van der Waals surface area contributed by atoms with Crippen LogP contribution in [0.1, 0.15) is 23.0 Å². The zero-order valence-corrected chi connectivity index (χ0v) is 17.4. The fourth-order valence-corrected chi connectivity index (χ4v) is 3.56. The molecule has 9 heteroatoms. The quantitative estimate of drug-likeness (QED) is 0.432. The molecule has 3 heterocycles. The molecule has 3 aromatic heterocycles. The number of hydrogen-bond donors (Lipinski definition) is 2. The van der Waals surface area contributed by atoms with E-state index in [4.69, 9.17) is 8.94 Å². The van der Waals surface area contributed by atoms with Crippen LogP contribution in [0.15, 0.2) is 68.5 Å². The minimum Gasteiger partial charge on any atom is -0.459 e. The number of aromatic amines is 1. The van der Waals surface area contributed by atoms with E-state index < -0.39 is 0 Å². The number of rotatable bonds is 5. The van der Waals surface area contributed by atoms with E-state index >= 15 is 0 Å². The van der Waals surface area contributed by atoms with Gasteiger partial charge in [-0.05, 0) is 61.9 Å². The lowest BCUT2D eigenvalue weighted by Gasteiger charge is -2.08. The highest BCUT2D eigenvalue weighted by Gasteiger charge is 2.16. The van der Waals surface area contributed by atoms with Crippen molar-refractivity contribution in [3.8, 4) is 22.8 Å². The van der Waals surface area contributed by atoms with Gasteiger partial charge in [0.15, 0.2) is 5.76 Å². The first-order chi connectivity index (χ1) is 15.5. The molecule has 2 N–H and O–H groups in total. The molecule has 5 aromatic rings. The number of benzene rings is 2. The molecule has 1 amide bonds. The monoisotopic (exact) mass is 429 g/mol. The first-order valence-corrected chi connectivity index (χ1v) is 10.1. The molecule has 5 rings (SSSR count). The summed E-state index contributed by atoms with van der Waals surface area (Å²) in [5.74, 6) is 0.588. The van der Waals surface area contributed by atoms with Gasteiger partial charge in [-0.15, -0.1) is 0 Å². The summed E-state index contributed by atoms with van der Waals surface area (Å²) in [5, 5.41) is 6.92. The summed E-state index contributed by atoms with van der Waals surface area (Å²) in [4.78, 5) is 31.7. The summed E-state index contributed by atoms with van der Waals surface area (Å²) in [6.45, 7) is 4.39. The molecule has 0 unspecified atom stereocenters. The van der Waals surface area contributed by atoms with Crippen molar-refractivity contribution in [1.29, 1.82) is 0 Å². The van der Waals surface area contributed by atoms with Gasteiger partial charge in [0.05, 0.1) is 17.3 Å². The molecule has 160 valence electrons. The summed E-state index contributed by atoms with van der Waals surface area (Å²) in [5.41, 5.74) is 4.24. The maximum absolute atomic E-state index is 12.3. The molecular weight excluding hydrogens is 410 g/mol. The molecule has 0 aliphatic heterocycles. The average Bonchev–Trinajstić information content (AvgIpc) is 3.54. The third-order valence-corrected chi connectivity index (χ3v) is 5.25. The van der Waals surface area contributed by atoms with Gasteiger partial charge in [0.25, 0.3) is 11.8 Å². The Hall–Kier alpha value is -4.40. The topological polar surface area (TPSA) is 119 Å². The van der Waals surface area contributed by atoms with Gasteiger partial charge in [0.1, 0.15) is 0 Å². The largest absolute Gasteiger partial charge is 0.459 e. The lowest BCUT2D eigenvalue weighted by atomic mass is 10.1. The second-order valence-electron chi connectivity index (χ2n) is 7.29. The van der Waals surface area contributed by atoms with Gasteiger partial charge in [0.2, 0.25) is 5.82 Å². The Kier molecular flexibility index (Phi) is 4.70. The lowest BCUT2D eigenvalue weighted by molar-refractivity contribution is 0.0996. The molecule has 0 spiro atoms. The van der Waals surface area contributed by atoms with Crippen LogP contribution in [-0.4, -0.2) is 25.6 Å². The van der Waals surface area contributed by atoms with E-state index in [9.17, 15) is 9.59 Å². The Labute approximate surface area is 181 Å². The fourth-order valence-electron chi connectivity index (χ4n) is 3.56. The Morgan fingerprint density at radius 3 is 2.78 bits per heavy atom. The minimum atomic E-state index is -0.345. The SMILES string of the molecule is CCn1c(=O)[nH]c2cc(-c3noc(-c4ccc(C)c(NC(=O)c5ccco5)c4)n3)ccc21. The summed E-state index contributed by atoms with van der Waals surface area (Å²) in [6, 6.07) is 14.3. The summed E-state index contributed by atoms with van der Waals surface area (Å²) in [7, 11) is 0. The third-order valence-electron chi connectivity index (χ3n) is 5.25. The van der Waals surface area contributed by atoms with Crippen molar-refractivity contribution in [2.75, 3.05) is 5.32 Å². The first kappa shape index (κ1) is 19.6. The molecule has 0 bridgehead atoms. The van der Waals surface area contributed by atoms with Gasteiger partial charge in [-0.3, -0.25) is 9.36 Å². The van der Waals surface area contributed by atoms with Crippen molar-refractivity contribution < 1.29 is 13.7 Å². The molecular formula is C23H19N5O4. The fraction of sp³-hybridized carbons (Fsp3) is 0.130. The highest BCUT2D eigenvalue weighted by Crippen LogP contribution is 2.28. The highest BCUT2D eigenvalue weighted by atomic mass is 16.5. The Bertz CT molecular complexity index is 1490. The van der Waals surface area contributed by atoms with Crippen LogP contribution in [0, 0.1) is 6.92 Å². The van der Waals surface area contributed by atoms with Crippen LogP contribution in [0.25, 0.3) is 33.9 Å². The third kappa shape index (κ3) is 3.39. The molecule has 0 aliphatic rings. The zero-order chi connectivity index (χ0) is 22.2. The number of nitrogens with zero attached hydrogens (tertiary/aromatic N) is 3. The van der Waals surface area contributed by atoms with Gasteiger partial charge in [0, 0.05) is 23.4 Å². The van der Waals surface area contributed by atoms with E-state index in [1.54, 1.807) is 22.8 Å². The molecule has 32 heavy (non-hydrogen) atoms. The van der Waals surface area contributed by atoms with Crippen LogP contribution in [0.5, 0.6) is 0 Å². The van der Waals surface area contributed by atoms with Crippen molar-refractivity contribution in [2.24, 2.45) is 0 Å². The zero-order valence-electron chi connectivity index (χ0n) is 17.4. The van der Waals surface area contributed by atoms with E-state index in [1.807, 2.05) is 44.2 Å². The number of carbonyl (C=O) groups excluding carboxylic acids is 1. The molecule has 2 aromatic carbocycles. The molecule has 0 aliphatic carbocycles. The predicted molar refractivity (Wildman–Crippen MR) is 118 cm³/mol. The predicted octanol–water partition coefficient (Wildman–Crippen LogP) is 4.22. The highest BCUT2D eigenvalue weighted by molar-refractivity contribution is 6.02. The van der Waals surface area contributed by atoms with Gasteiger partial charge in [-0.1, -0.05) is 11.2 Å². The lowest BCUT2D eigenvalue weighted by Crippen LogP contribution is -2.14. The maximum Gasteiger partial charge on any atom is 0.326 e. The smallest absolute Gasteiger partial charge is 0.326 e. The molecule has 0 saturated carbocycles. The van der Waals surface area contributed by atoms with Gasteiger partial charge < -0.3 is 19.2 Å². The standard InChI is InChI=1S/C23H19N5O4/c1-3-28-18-9-8-14(11-17(18)25-23(28)30)20-26-22(32-27-20)15-7-6-13(2)16(12-15)24-21(29)19-5-4-10-31-19/h4-12H,3H2,1-2H3,(H,24,29)(H,25,30). The number of aryl methyl sites for hydroxylation is 2. The normalized spacial score (nSPS) is 11.2. The van der Waals surface area contributed by atoms with Gasteiger partial charge >= 0.3 is 5.69 Å². The molecule has 0 saturated heterocycles. The second kappa shape index (κ2) is 7.69. The van der Waals surface area contributed by atoms with Crippen molar-refractivity contribution in [1.82, 2.24) is 19.7 Å². The number of aromatic nitrogens is 4. The number of hydrogen-bond acceptors (Lipinski definition) is 6. The van der Waals surface area contributed by atoms with Crippen molar-refractivity contribution in [3.63, 3.8) is 0 Å². The number of fused-ring (bicyclic) bond motifs is 1. The molecule has 9 nitrogen and oxygen atoms in total. The number of imidazole rings is 1. The maximum atomic E-state index is 12.3. The van der Waals surface area contributed by atoms with Crippen LogP contribution < -0.4 is 11.0 Å². The van der Waals surface area contributed by atoms with Gasteiger partial charge in [-0.25, -0.2) is 4.79 Å². The Morgan fingerprint density at radius 2 is 2.00 bits per heavy atom. The average molecular weight is 429 g/mol. The summed E-state index contributed by atoms with van der Waals surface area (Å²) < 4.78 is 12.3. The molecule has 0 radical (unpaired) electrons. The number of H-pyrrole nitrogens is 1. The Morgan fingerprint density at radius 1 is 1.16 bits per heavy atom. The Balaban J connectivity index is 1.45. The number of furan rings is 1. The second-order valence-corrected chi connectivity index (χ2v) is 7.29. The van der Waals surface area contributed by atoms with Crippen LogP contribution >= 0.6 is 0 Å². The van der Waals surface area contributed by atoms with Crippen molar-refractivity contribution >= 4 is 22.6 Å². The number of anilines is 1. The van der Waals surface area contributed by atoms with E-state index in [0.717, 1.165) is 16.6 Å². The number of amides is 1. The van der Waals surface area contributed by atoms with E-state index in [-0.39, 0.29) is 17.4 Å². The minimum absolute atomic E-state index is 0.155. The van der Waals surface area contributed by atoms with E-state index in [0.29, 0.717) is 35.0 Å². The van der Waals surface area contributed by atoms with Crippen LogP contribution in [-0.2, 0) is 6.54 Å². The van der Waals surface area contributed by atoms with Crippen LogP contribution in [0.4, 0.5) is 5.69 Å². The van der Waals surface area contributed by atoms with Crippen molar-refractivity contribution in [2.45, 2.75) is 20.4 Å². The van der Waals surface area contributed by atoms with Crippen molar-refractivity contribution in [3.05, 3.63) is 76.6 Å². The number of nitrogens with one attached hydrogen (secondary N) is 2. The van der Waals surface area contributed by atoms with E-state index in [1.165, 1.54) is 6.26 Å². The first-order valence-electron chi connectivity index (χ1n) is 10.1. The number of carbonyl (C=O) groups is 1. The van der Waals surface area contributed by atoms with Crippen LogP contribution in [0.3, 0.4) is 0 Å². The van der Waals surface area contributed by atoms with Gasteiger partial charge in [-0.2, -0.15) is 4.98 Å². The van der Waals surface area contributed by atoms with Crippen LogP contribution in [0.2, 0.25) is 0 Å². The summed E-state index contributed by atoms with van der Waals surface area (Å²) >= 11 is 0. The molecule has 0 atom stereocenters. The van der Waals surface area contributed by atoms with E-state index in [2.05, 4.69) is 20.4 Å². The summed E-state index contributed by atoms with van der Waals surface area (Å²) in [6.07, 6.45) is 1.45.